The highest BCUT2D eigenvalue weighted by molar-refractivity contribution is 5.39. The minimum absolute atomic E-state index is 0.755. The van der Waals surface area contributed by atoms with Crippen molar-refractivity contribution >= 4 is 0 Å². The van der Waals surface area contributed by atoms with E-state index >= 15 is 0 Å². The van der Waals surface area contributed by atoms with Crippen LogP contribution in [0.1, 0.15) is 13.8 Å². The summed E-state index contributed by atoms with van der Waals surface area (Å²) in [5, 5.41) is 8.70. The van der Waals surface area contributed by atoms with Crippen LogP contribution in [-0.4, -0.2) is 18.5 Å². The third-order valence-electron chi connectivity index (χ3n) is 2.03. The third kappa shape index (κ3) is 1.43. The topological polar surface area (TPSA) is 27.0 Å². The molecular weight excluding hydrogens is 136 g/mol. The van der Waals surface area contributed by atoms with Gasteiger partial charge in [-0.25, -0.2) is 0 Å². The summed E-state index contributed by atoms with van der Waals surface area (Å²) in [7, 11) is 2.00. The van der Waals surface area contributed by atoms with E-state index < -0.39 is 0 Å². The van der Waals surface area contributed by atoms with Crippen LogP contribution < -0.4 is 0 Å². The lowest BCUT2D eigenvalue weighted by Gasteiger charge is -2.24. The molecule has 0 unspecified atom stereocenters. The van der Waals surface area contributed by atoms with Gasteiger partial charge in [-0.15, -0.1) is 0 Å². The van der Waals surface area contributed by atoms with E-state index in [2.05, 4.69) is 17.9 Å². The second kappa shape index (κ2) is 2.79. The standard InChI is InChI=1S/C9H12N2/c1-7-4-8(2)11(3)6-9(7)5-10/h4H,6H2,1-3H3. The van der Waals surface area contributed by atoms with Gasteiger partial charge in [0.15, 0.2) is 0 Å². The molecule has 0 saturated heterocycles. The Balaban J connectivity index is 2.99. The summed E-state index contributed by atoms with van der Waals surface area (Å²) >= 11 is 0. The molecule has 11 heavy (non-hydrogen) atoms. The lowest BCUT2D eigenvalue weighted by molar-refractivity contribution is 0.450. The summed E-state index contributed by atoms with van der Waals surface area (Å²) in [6.07, 6.45) is 2.04. The molecule has 0 aromatic heterocycles. The van der Waals surface area contributed by atoms with Gasteiger partial charge in [0, 0.05) is 12.7 Å². The van der Waals surface area contributed by atoms with Crippen LogP contribution in [0.25, 0.3) is 0 Å². The average Bonchev–Trinajstić information content (AvgIpc) is 1.97. The molecule has 1 rings (SSSR count). The predicted molar refractivity (Wildman–Crippen MR) is 44.7 cm³/mol. The molecule has 1 heterocycles. The van der Waals surface area contributed by atoms with Crippen molar-refractivity contribution in [3.8, 4) is 6.07 Å². The molecule has 58 valence electrons. The van der Waals surface area contributed by atoms with Gasteiger partial charge in [0.05, 0.1) is 18.2 Å². The summed E-state index contributed by atoms with van der Waals surface area (Å²) in [6, 6.07) is 2.20. The first-order valence-electron chi connectivity index (χ1n) is 3.64. The van der Waals surface area contributed by atoms with Gasteiger partial charge in [0.2, 0.25) is 0 Å². The lowest BCUT2D eigenvalue weighted by Crippen LogP contribution is -2.22. The molecule has 0 aliphatic carbocycles. The molecule has 0 N–H and O–H groups in total. The molecule has 0 aromatic rings. The van der Waals surface area contributed by atoms with Gasteiger partial charge >= 0.3 is 0 Å². The van der Waals surface area contributed by atoms with Crippen LogP contribution >= 0.6 is 0 Å². The summed E-state index contributed by atoms with van der Waals surface area (Å²) < 4.78 is 0. The van der Waals surface area contributed by atoms with Gasteiger partial charge in [0.25, 0.3) is 0 Å². The molecule has 0 bridgehead atoms. The van der Waals surface area contributed by atoms with Crippen LogP contribution in [0.3, 0.4) is 0 Å². The minimum Gasteiger partial charge on any atom is -0.373 e. The summed E-state index contributed by atoms with van der Waals surface area (Å²) in [5.74, 6) is 0. The number of hydrogen-bond acceptors (Lipinski definition) is 2. The van der Waals surface area contributed by atoms with Gasteiger partial charge in [-0.3, -0.25) is 0 Å². The molecule has 0 amide bonds. The summed E-state index contributed by atoms with van der Waals surface area (Å²) in [4.78, 5) is 2.07. The third-order valence-corrected chi connectivity index (χ3v) is 2.03. The molecule has 0 atom stereocenters. The van der Waals surface area contributed by atoms with Crippen LogP contribution in [0.2, 0.25) is 0 Å². The van der Waals surface area contributed by atoms with Crippen molar-refractivity contribution in [2.24, 2.45) is 0 Å². The number of likely N-dealkylation sites (N-methyl/N-ethyl adjacent to an activating group) is 1. The molecule has 0 saturated carbocycles. The smallest absolute Gasteiger partial charge is 0.0968 e. The molecule has 0 fully saturated rings. The number of nitriles is 1. The number of hydrogen-bond donors (Lipinski definition) is 0. The van der Waals surface area contributed by atoms with Crippen LogP contribution in [0.5, 0.6) is 0 Å². The zero-order valence-corrected chi connectivity index (χ0v) is 7.18. The van der Waals surface area contributed by atoms with Crippen LogP contribution in [0, 0.1) is 11.3 Å². The van der Waals surface area contributed by atoms with Crippen LogP contribution in [-0.2, 0) is 0 Å². The number of rotatable bonds is 0. The Kier molecular flexibility index (Phi) is 2.00. The monoisotopic (exact) mass is 148 g/mol. The Morgan fingerprint density at radius 3 is 2.73 bits per heavy atom. The summed E-state index contributed by atoms with van der Waals surface area (Å²) in [5.41, 5.74) is 3.20. The first kappa shape index (κ1) is 7.87. The van der Waals surface area contributed by atoms with Gasteiger partial charge in [0.1, 0.15) is 0 Å². The Bertz CT molecular complexity index is 266. The normalized spacial score (nSPS) is 18.0. The van der Waals surface area contributed by atoms with Crippen molar-refractivity contribution in [2.45, 2.75) is 13.8 Å². The van der Waals surface area contributed by atoms with Crippen LogP contribution in [0.4, 0.5) is 0 Å². The highest BCUT2D eigenvalue weighted by Crippen LogP contribution is 2.17. The van der Waals surface area contributed by atoms with E-state index in [-0.39, 0.29) is 0 Å². The fourth-order valence-corrected chi connectivity index (χ4v) is 1.12. The molecule has 0 radical (unpaired) electrons. The lowest BCUT2D eigenvalue weighted by atomic mass is 10.1. The van der Waals surface area contributed by atoms with Crippen molar-refractivity contribution in [1.82, 2.24) is 4.90 Å². The van der Waals surface area contributed by atoms with Gasteiger partial charge < -0.3 is 4.90 Å². The predicted octanol–water partition coefficient (Wildman–Crippen LogP) is 1.68. The van der Waals surface area contributed by atoms with Crippen molar-refractivity contribution in [3.05, 3.63) is 22.9 Å². The Morgan fingerprint density at radius 2 is 2.18 bits per heavy atom. The second-order valence-electron chi connectivity index (χ2n) is 2.92. The highest BCUT2D eigenvalue weighted by Gasteiger charge is 2.10. The van der Waals surface area contributed by atoms with Gasteiger partial charge in [-0.2, -0.15) is 5.26 Å². The van der Waals surface area contributed by atoms with Crippen molar-refractivity contribution in [3.63, 3.8) is 0 Å². The fourth-order valence-electron chi connectivity index (χ4n) is 1.12. The Labute approximate surface area is 67.4 Å². The van der Waals surface area contributed by atoms with Gasteiger partial charge in [-0.1, -0.05) is 0 Å². The quantitative estimate of drug-likeness (QED) is 0.522. The van der Waals surface area contributed by atoms with E-state index in [4.69, 9.17) is 5.26 Å². The number of nitrogens with zero attached hydrogens (tertiary/aromatic N) is 2. The molecule has 2 heteroatoms. The summed E-state index contributed by atoms with van der Waals surface area (Å²) in [6.45, 7) is 4.79. The fraction of sp³-hybridized carbons (Fsp3) is 0.444. The van der Waals surface area contributed by atoms with E-state index in [1.54, 1.807) is 0 Å². The maximum atomic E-state index is 8.70. The molecule has 1 aliphatic rings. The van der Waals surface area contributed by atoms with E-state index in [9.17, 15) is 0 Å². The number of allylic oxidation sites excluding steroid dienone is 3. The molecule has 0 spiro atoms. The molecule has 0 aromatic carbocycles. The van der Waals surface area contributed by atoms with Gasteiger partial charge in [-0.05, 0) is 25.5 Å². The Morgan fingerprint density at radius 1 is 1.55 bits per heavy atom. The van der Waals surface area contributed by atoms with E-state index in [1.165, 1.54) is 5.70 Å². The minimum atomic E-state index is 0.755. The molecular formula is C9H12N2. The maximum absolute atomic E-state index is 8.70. The van der Waals surface area contributed by atoms with Crippen molar-refractivity contribution in [1.29, 1.82) is 5.26 Å². The Hall–Kier alpha value is -1.23. The highest BCUT2D eigenvalue weighted by atomic mass is 15.1. The first-order valence-corrected chi connectivity index (χ1v) is 3.64. The van der Waals surface area contributed by atoms with Crippen molar-refractivity contribution in [2.75, 3.05) is 13.6 Å². The average molecular weight is 148 g/mol. The molecule has 2 nitrogen and oxygen atoms in total. The second-order valence-corrected chi connectivity index (χ2v) is 2.92. The zero-order chi connectivity index (χ0) is 8.43. The first-order chi connectivity index (χ1) is 5.15. The van der Waals surface area contributed by atoms with E-state index in [0.717, 1.165) is 17.7 Å². The zero-order valence-electron chi connectivity index (χ0n) is 7.18. The molecule has 1 aliphatic heterocycles. The maximum Gasteiger partial charge on any atom is 0.0968 e. The SMILES string of the molecule is CC1=CC(C)=C(C#N)CN1C. The van der Waals surface area contributed by atoms with Crippen LogP contribution in [0.15, 0.2) is 22.9 Å². The van der Waals surface area contributed by atoms with E-state index in [1.807, 2.05) is 20.0 Å². The van der Waals surface area contributed by atoms with Crippen molar-refractivity contribution < 1.29 is 0 Å². The largest absolute Gasteiger partial charge is 0.373 e. The van der Waals surface area contributed by atoms with E-state index in [0.29, 0.717) is 0 Å².